The van der Waals surface area contributed by atoms with Gasteiger partial charge in [0.1, 0.15) is 6.33 Å². The Balaban J connectivity index is 1.83. The molecule has 0 spiro atoms. The molecule has 0 amide bonds. The molecule has 0 bridgehead atoms. The van der Waals surface area contributed by atoms with Crippen LogP contribution in [0, 0.1) is 0 Å². The quantitative estimate of drug-likeness (QED) is 0.936. The van der Waals surface area contributed by atoms with Crippen molar-refractivity contribution >= 4 is 21.6 Å². The third-order valence-corrected chi connectivity index (χ3v) is 4.01. The maximum absolute atomic E-state index is 4.16. The van der Waals surface area contributed by atoms with Crippen LogP contribution in [0.25, 0.3) is 0 Å². The number of fused-ring (bicyclic) bond motifs is 1. The lowest BCUT2D eigenvalue weighted by molar-refractivity contribution is 0.559. The molecule has 6 heteroatoms. The van der Waals surface area contributed by atoms with Crippen LogP contribution < -0.4 is 10.2 Å². The van der Waals surface area contributed by atoms with E-state index in [1.54, 1.807) is 6.33 Å². The summed E-state index contributed by atoms with van der Waals surface area (Å²) >= 11 is 3.67. The van der Waals surface area contributed by atoms with Crippen LogP contribution in [-0.4, -0.2) is 28.4 Å². The van der Waals surface area contributed by atoms with Crippen LogP contribution in [0.3, 0.4) is 0 Å². The molecule has 3 rings (SSSR count). The number of nitrogens with one attached hydrogen (secondary N) is 1. The number of nitrogens with zero attached hydrogens (tertiary/aromatic N) is 4. The maximum Gasteiger partial charge on any atom is 0.152 e. The summed E-state index contributed by atoms with van der Waals surface area (Å²) in [5.41, 5.74) is 2.49. The number of aromatic nitrogens is 3. The Kier molecular flexibility index (Phi) is 3.52. The minimum absolute atomic E-state index is 0.809. The number of halogens is 1. The molecule has 0 fully saturated rings. The van der Waals surface area contributed by atoms with Gasteiger partial charge in [-0.05, 0) is 40.7 Å². The SMILES string of the molecule is CNCc1ccc(N2CCn3cnnc3C2)c(Br)c1. The van der Waals surface area contributed by atoms with Gasteiger partial charge in [0.25, 0.3) is 0 Å². The van der Waals surface area contributed by atoms with Crippen LogP contribution in [0.1, 0.15) is 11.4 Å². The maximum atomic E-state index is 4.16. The third-order valence-electron chi connectivity index (χ3n) is 3.37. The van der Waals surface area contributed by atoms with E-state index in [1.165, 1.54) is 11.3 Å². The molecule has 1 aromatic heterocycles. The molecule has 2 aromatic rings. The summed E-state index contributed by atoms with van der Waals surface area (Å²) in [5, 5.41) is 11.3. The second kappa shape index (κ2) is 5.30. The van der Waals surface area contributed by atoms with E-state index in [0.717, 1.165) is 36.5 Å². The van der Waals surface area contributed by atoms with E-state index < -0.39 is 0 Å². The minimum atomic E-state index is 0.809. The monoisotopic (exact) mass is 321 g/mol. The zero-order chi connectivity index (χ0) is 13.2. The third kappa shape index (κ3) is 2.50. The number of benzene rings is 1. The molecule has 0 aliphatic carbocycles. The fraction of sp³-hybridized carbons (Fsp3) is 0.385. The minimum Gasteiger partial charge on any atom is -0.361 e. The summed E-state index contributed by atoms with van der Waals surface area (Å²) in [5.74, 6) is 1.03. The van der Waals surface area contributed by atoms with Gasteiger partial charge in [0.15, 0.2) is 5.82 Å². The molecular formula is C13H16BrN5. The van der Waals surface area contributed by atoms with E-state index in [9.17, 15) is 0 Å². The van der Waals surface area contributed by atoms with E-state index in [0.29, 0.717) is 0 Å². The van der Waals surface area contributed by atoms with Gasteiger partial charge in [0, 0.05) is 24.1 Å². The molecule has 0 unspecified atom stereocenters. The van der Waals surface area contributed by atoms with Crippen molar-refractivity contribution in [3.8, 4) is 0 Å². The first-order chi connectivity index (χ1) is 9.28. The predicted molar refractivity (Wildman–Crippen MR) is 78.0 cm³/mol. The summed E-state index contributed by atoms with van der Waals surface area (Å²) in [6.07, 6.45) is 1.80. The lowest BCUT2D eigenvalue weighted by Crippen LogP contribution is -2.33. The highest BCUT2D eigenvalue weighted by atomic mass is 79.9. The van der Waals surface area contributed by atoms with E-state index in [2.05, 4.69) is 59.1 Å². The van der Waals surface area contributed by atoms with Gasteiger partial charge in [-0.3, -0.25) is 0 Å². The molecule has 1 aromatic carbocycles. The lowest BCUT2D eigenvalue weighted by atomic mass is 10.2. The van der Waals surface area contributed by atoms with E-state index in [4.69, 9.17) is 0 Å². The molecule has 19 heavy (non-hydrogen) atoms. The second-order valence-electron chi connectivity index (χ2n) is 4.68. The first-order valence-corrected chi connectivity index (χ1v) is 7.12. The largest absolute Gasteiger partial charge is 0.361 e. The van der Waals surface area contributed by atoms with Crippen LogP contribution in [0.15, 0.2) is 29.0 Å². The number of anilines is 1. The zero-order valence-electron chi connectivity index (χ0n) is 10.8. The molecule has 5 nitrogen and oxygen atoms in total. The fourth-order valence-corrected chi connectivity index (χ4v) is 3.07. The standard InChI is InChI=1S/C13H16BrN5/c1-15-7-10-2-3-12(11(14)6-10)18-4-5-19-9-16-17-13(19)8-18/h2-3,6,9,15H,4-5,7-8H2,1H3. The molecule has 0 radical (unpaired) electrons. The van der Waals surface area contributed by atoms with Crippen LogP contribution >= 0.6 is 15.9 Å². The molecule has 2 heterocycles. The summed E-state index contributed by atoms with van der Waals surface area (Å²) in [6, 6.07) is 6.50. The Morgan fingerprint density at radius 1 is 1.37 bits per heavy atom. The molecule has 1 N–H and O–H groups in total. The van der Waals surface area contributed by atoms with Crippen molar-refractivity contribution in [1.82, 2.24) is 20.1 Å². The normalized spacial score (nSPS) is 14.5. The van der Waals surface area contributed by atoms with E-state index in [1.807, 2.05) is 7.05 Å². The summed E-state index contributed by atoms with van der Waals surface area (Å²) in [4.78, 5) is 2.33. The van der Waals surface area contributed by atoms with Crippen LogP contribution in [0.5, 0.6) is 0 Å². The Labute approximate surface area is 120 Å². The molecule has 0 atom stereocenters. The molecule has 1 aliphatic heterocycles. The number of hydrogen-bond donors (Lipinski definition) is 1. The molecular weight excluding hydrogens is 306 g/mol. The van der Waals surface area contributed by atoms with Crippen molar-refractivity contribution in [3.05, 3.63) is 40.4 Å². The van der Waals surface area contributed by atoms with Gasteiger partial charge in [0.05, 0.1) is 12.2 Å². The Bertz CT molecular complexity index is 580. The highest BCUT2D eigenvalue weighted by Gasteiger charge is 2.19. The van der Waals surface area contributed by atoms with Crippen molar-refractivity contribution in [1.29, 1.82) is 0 Å². The van der Waals surface area contributed by atoms with Crippen LogP contribution in [0.2, 0.25) is 0 Å². The summed E-state index contributed by atoms with van der Waals surface area (Å²) in [6.45, 7) is 3.61. The van der Waals surface area contributed by atoms with E-state index in [-0.39, 0.29) is 0 Å². The molecule has 100 valence electrons. The molecule has 1 aliphatic rings. The number of rotatable bonds is 3. The van der Waals surface area contributed by atoms with Crippen molar-refractivity contribution in [3.63, 3.8) is 0 Å². The predicted octanol–water partition coefficient (Wildman–Crippen LogP) is 1.78. The van der Waals surface area contributed by atoms with Crippen molar-refractivity contribution < 1.29 is 0 Å². The van der Waals surface area contributed by atoms with Gasteiger partial charge in [0.2, 0.25) is 0 Å². The Morgan fingerprint density at radius 2 is 2.26 bits per heavy atom. The van der Waals surface area contributed by atoms with Gasteiger partial charge in [-0.15, -0.1) is 10.2 Å². The smallest absolute Gasteiger partial charge is 0.152 e. The second-order valence-corrected chi connectivity index (χ2v) is 5.53. The summed E-state index contributed by atoms with van der Waals surface area (Å²) in [7, 11) is 1.96. The van der Waals surface area contributed by atoms with Gasteiger partial charge in [-0.1, -0.05) is 6.07 Å². The van der Waals surface area contributed by atoms with E-state index >= 15 is 0 Å². The van der Waals surface area contributed by atoms with Gasteiger partial charge in [-0.2, -0.15) is 0 Å². The fourth-order valence-electron chi connectivity index (χ4n) is 2.39. The highest BCUT2D eigenvalue weighted by Crippen LogP contribution is 2.29. The Hall–Kier alpha value is -1.40. The van der Waals surface area contributed by atoms with Crippen molar-refractivity contribution in [2.75, 3.05) is 18.5 Å². The van der Waals surface area contributed by atoms with Crippen LogP contribution in [-0.2, 0) is 19.6 Å². The van der Waals surface area contributed by atoms with Crippen molar-refractivity contribution in [2.45, 2.75) is 19.6 Å². The van der Waals surface area contributed by atoms with Crippen LogP contribution in [0.4, 0.5) is 5.69 Å². The lowest BCUT2D eigenvalue weighted by Gasteiger charge is -2.30. The van der Waals surface area contributed by atoms with Gasteiger partial charge < -0.3 is 14.8 Å². The van der Waals surface area contributed by atoms with Crippen molar-refractivity contribution in [2.24, 2.45) is 0 Å². The number of hydrogen-bond acceptors (Lipinski definition) is 4. The molecule has 0 saturated carbocycles. The molecule has 0 saturated heterocycles. The van der Waals surface area contributed by atoms with Gasteiger partial charge >= 0.3 is 0 Å². The average Bonchev–Trinajstić information content (AvgIpc) is 2.86. The topological polar surface area (TPSA) is 46.0 Å². The first-order valence-electron chi connectivity index (χ1n) is 6.32. The van der Waals surface area contributed by atoms with Gasteiger partial charge in [-0.25, -0.2) is 0 Å². The zero-order valence-corrected chi connectivity index (χ0v) is 12.4. The average molecular weight is 322 g/mol. The summed E-state index contributed by atoms with van der Waals surface area (Å²) < 4.78 is 3.24. The first kappa shape index (κ1) is 12.6. The highest BCUT2D eigenvalue weighted by molar-refractivity contribution is 9.10. The Morgan fingerprint density at radius 3 is 3.05 bits per heavy atom.